The number of hydrogen-bond acceptors (Lipinski definition) is 6. The van der Waals surface area contributed by atoms with Gasteiger partial charge in [-0.2, -0.15) is 5.26 Å². The van der Waals surface area contributed by atoms with E-state index in [1.54, 1.807) is 34.1 Å². The third-order valence-electron chi connectivity index (χ3n) is 0.925. The fourth-order valence-electron chi connectivity index (χ4n) is 0.137. The van der Waals surface area contributed by atoms with Gasteiger partial charge in [0.2, 0.25) is 0 Å². The summed E-state index contributed by atoms with van der Waals surface area (Å²) in [5, 5.41) is 10.3. The molecule has 0 aromatic rings. The largest absolute Gasteiger partial charge is 0.388 e. The zero-order chi connectivity index (χ0) is 22.1. The Labute approximate surface area is 154 Å². The highest BCUT2D eigenvalue weighted by Crippen LogP contribution is 1.61. The number of carbonyl (C=O) groups is 3. The molecular formula is C17H39N5O3. The van der Waals surface area contributed by atoms with Gasteiger partial charge in [-0.25, -0.2) is 0 Å². The summed E-state index contributed by atoms with van der Waals surface area (Å²) >= 11 is 0. The Morgan fingerprint density at radius 1 is 0.880 bits per heavy atom. The van der Waals surface area contributed by atoms with E-state index in [0.29, 0.717) is 11.7 Å². The molecule has 3 N–H and O–H groups in total. The summed E-state index contributed by atoms with van der Waals surface area (Å²) in [5.41, 5.74) is 5.04. The van der Waals surface area contributed by atoms with Crippen LogP contribution in [0.15, 0.2) is 9.98 Å². The lowest BCUT2D eigenvalue weighted by Gasteiger charge is -1.86. The van der Waals surface area contributed by atoms with Crippen LogP contribution in [-0.4, -0.2) is 44.6 Å². The molecule has 0 fully saturated rings. The molecule has 0 aliphatic carbocycles. The number of nitrogens with two attached hydrogens (primary N) is 1. The highest BCUT2D eigenvalue weighted by atomic mass is 16.1. The third-order valence-corrected chi connectivity index (χ3v) is 0.925. The van der Waals surface area contributed by atoms with Crippen LogP contribution in [-0.2, 0) is 14.4 Å². The maximum atomic E-state index is 8.81. The van der Waals surface area contributed by atoms with Crippen LogP contribution < -0.4 is 11.1 Å². The van der Waals surface area contributed by atoms with Crippen LogP contribution in [0.5, 0.6) is 0 Å². The van der Waals surface area contributed by atoms with E-state index in [-0.39, 0.29) is 0 Å². The highest BCUT2D eigenvalue weighted by Gasteiger charge is 1.77. The van der Waals surface area contributed by atoms with Gasteiger partial charge in [-0.15, -0.1) is 0 Å². The van der Waals surface area contributed by atoms with E-state index in [0.717, 1.165) is 18.9 Å². The van der Waals surface area contributed by atoms with Crippen LogP contribution in [0.25, 0.3) is 0 Å². The first-order chi connectivity index (χ1) is 11.8. The second-order valence-corrected chi connectivity index (χ2v) is 2.62. The molecule has 150 valence electrons. The molecule has 0 spiro atoms. The van der Waals surface area contributed by atoms with Gasteiger partial charge in [0.1, 0.15) is 24.7 Å². The average molecular weight is 362 g/mol. The Bertz CT molecular complexity index is 304. The van der Waals surface area contributed by atoms with Crippen molar-refractivity contribution in [3.05, 3.63) is 0 Å². The zero-order valence-electron chi connectivity index (χ0n) is 17.9. The molecule has 0 aromatic heterocycles. The molecular weight excluding hydrogens is 322 g/mol. The number of nitrogens with zero attached hydrogens (tertiary/aromatic N) is 3. The highest BCUT2D eigenvalue weighted by molar-refractivity contribution is 5.80. The van der Waals surface area contributed by atoms with Crippen molar-refractivity contribution in [2.75, 3.05) is 14.1 Å². The Hall–Kier alpha value is -2.56. The first-order valence-corrected chi connectivity index (χ1v) is 7.79. The maximum Gasteiger partial charge on any atom is 0.182 e. The predicted molar refractivity (Wildman–Crippen MR) is 109 cm³/mol. The SMILES string of the molecule is CC.CC.CC=O.CC=O.CC=O.CN=C(C)N.CN=C(C)NC#N. The lowest BCUT2D eigenvalue weighted by Crippen LogP contribution is -2.12. The quantitative estimate of drug-likeness (QED) is 0.224. The minimum atomic E-state index is 0.630. The Balaban J connectivity index is -0.0000000321. The number of carbonyl (C=O) groups excluding carboxylic acids is 3. The lowest BCUT2D eigenvalue weighted by molar-refractivity contribution is -0.106. The summed E-state index contributed by atoms with van der Waals surface area (Å²) in [5.74, 6) is 1.27. The molecule has 0 unspecified atom stereocenters. The normalized spacial score (nSPS) is 7.28. The summed E-state index contributed by atoms with van der Waals surface area (Å²) < 4.78 is 0. The van der Waals surface area contributed by atoms with Crippen LogP contribution in [0.3, 0.4) is 0 Å². The number of aliphatic imine (C=N–C) groups is 2. The molecule has 0 saturated heterocycles. The maximum absolute atomic E-state index is 8.81. The molecule has 0 aliphatic heterocycles. The summed E-state index contributed by atoms with van der Waals surface area (Å²) in [6.07, 6.45) is 3.99. The third kappa shape index (κ3) is 411. The van der Waals surface area contributed by atoms with E-state index in [4.69, 9.17) is 25.4 Å². The van der Waals surface area contributed by atoms with Gasteiger partial charge in [0.25, 0.3) is 0 Å². The van der Waals surface area contributed by atoms with Crippen molar-refractivity contribution in [3.8, 4) is 6.19 Å². The molecule has 0 saturated carbocycles. The van der Waals surface area contributed by atoms with Gasteiger partial charge >= 0.3 is 0 Å². The van der Waals surface area contributed by atoms with E-state index < -0.39 is 0 Å². The summed E-state index contributed by atoms with van der Waals surface area (Å²) in [4.78, 5) is 33.7. The molecule has 25 heavy (non-hydrogen) atoms. The number of rotatable bonds is 0. The minimum absolute atomic E-state index is 0.630. The van der Waals surface area contributed by atoms with Gasteiger partial charge in [-0.05, 0) is 34.6 Å². The molecule has 8 nitrogen and oxygen atoms in total. The van der Waals surface area contributed by atoms with E-state index in [9.17, 15) is 0 Å². The van der Waals surface area contributed by atoms with E-state index in [1.165, 1.54) is 20.8 Å². The van der Waals surface area contributed by atoms with Crippen molar-refractivity contribution in [2.45, 2.75) is 62.3 Å². The average Bonchev–Trinajstić information content (AvgIpc) is 2.61. The molecule has 0 bridgehead atoms. The standard InChI is InChI=1S/C4H7N3.C3H8N2.3C2H4O.2C2H6/c1-4(6-2)7-3-5;1-3(4)5-2;3*1-2-3;2*1-2/h1-2H3,(H,6,7);1-2H3,(H2,4,5);3*2H,1H3;2*1-2H3. The van der Waals surface area contributed by atoms with Crippen molar-refractivity contribution in [2.24, 2.45) is 15.7 Å². The number of nitrogens with one attached hydrogen (secondary N) is 1. The van der Waals surface area contributed by atoms with Gasteiger partial charge in [-0.3, -0.25) is 15.3 Å². The van der Waals surface area contributed by atoms with Gasteiger partial charge in [0, 0.05) is 14.1 Å². The summed E-state index contributed by atoms with van der Waals surface area (Å²) in [6.45, 7) is 15.8. The molecule has 0 aromatic carbocycles. The minimum Gasteiger partial charge on any atom is -0.388 e. The van der Waals surface area contributed by atoms with Crippen LogP contribution in [0.4, 0.5) is 0 Å². The van der Waals surface area contributed by atoms with E-state index in [1.807, 2.05) is 27.7 Å². The Morgan fingerprint density at radius 3 is 1.12 bits per heavy atom. The lowest BCUT2D eigenvalue weighted by atomic mass is 10.7. The number of nitriles is 1. The second kappa shape index (κ2) is 82.2. The molecule has 0 rings (SSSR count). The van der Waals surface area contributed by atoms with Gasteiger partial charge in [0.05, 0.1) is 5.84 Å². The monoisotopic (exact) mass is 361 g/mol. The fraction of sp³-hybridized carbons (Fsp3) is 0.647. The topological polar surface area (TPSA) is 138 Å². The smallest absolute Gasteiger partial charge is 0.182 e. The molecule has 0 atom stereocenters. The number of aldehydes is 3. The summed E-state index contributed by atoms with van der Waals surface area (Å²) in [6, 6.07) is 0. The molecule has 0 radical (unpaired) electrons. The first-order valence-electron chi connectivity index (χ1n) is 7.79. The van der Waals surface area contributed by atoms with Crippen molar-refractivity contribution >= 4 is 30.5 Å². The predicted octanol–water partition coefficient (Wildman–Crippen LogP) is 2.77. The Kier molecular flexibility index (Phi) is 142. The van der Waals surface area contributed by atoms with E-state index >= 15 is 0 Å². The van der Waals surface area contributed by atoms with Crippen molar-refractivity contribution in [1.29, 1.82) is 5.26 Å². The van der Waals surface area contributed by atoms with Crippen LogP contribution in [0.2, 0.25) is 0 Å². The number of amidine groups is 2. The zero-order valence-corrected chi connectivity index (χ0v) is 17.9. The Morgan fingerprint density at radius 2 is 1.08 bits per heavy atom. The fourth-order valence-corrected chi connectivity index (χ4v) is 0.137. The van der Waals surface area contributed by atoms with Crippen molar-refractivity contribution in [3.63, 3.8) is 0 Å². The molecule has 0 heterocycles. The molecule has 0 aliphatic rings. The van der Waals surface area contributed by atoms with Crippen molar-refractivity contribution < 1.29 is 14.4 Å². The van der Waals surface area contributed by atoms with Gasteiger partial charge < -0.3 is 20.1 Å². The number of hydrogen-bond donors (Lipinski definition) is 2. The van der Waals surface area contributed by atoms with E-state index in [2.05, 4.69) is 15.3 Å². The van der Waals surface area contributed by atoms with Gasteiger partial charge in [0.15, 0.2) is 6.19 Å². The second-order valence-electron chi connectivity index (χ2n) is 2.62. The van der Waals surface area contributed by atoms with Crippen LogP contribution >= 0.6 is 0 Å². The van der Waals surface area contributed by atoms with Crippen LogP contribution in [0.1, 0.15) is 62.3 Å². The van der Waals surface area contributed by atoms with Crippen LogP contribution in [0, 0.1) is 11.5 Å². The van der Waals surface area contributed by atoms with Crippen molar-refractivity contribution in [1.82, 2.24) is 5.32 Å². The molecule has 0 amide bonds. The van der Waals surface area contributed by atoms with Gasteiger partial charge in [-0.1, -0.05) is 27.7 Å². The summed E-state index contributed by atoms with van der Waals surface area (Å²) in [7, 11) is 3.29. The molecule has 8 heteroatoms. The first kappa shape index (κ1) is 43.3.